The molecule has 206 valence electrons. The van der Waals surface area contributed by atoms with Crippen molar-refractivity contribution in [3.05, 3.63) is 64.7 Å². The fourth-order valence-corrected chi connectivity index (χ4v) is 5.81. The largest absolute Gasteiger partial charge is 0.430 e. The van der Waals surface area contributed by atoms with E-state index in [2.05, 4.69) is 4.90 Å². The molecule has 1 aliphatic carbocycles. The highest BCUT2D eigenvalue weighted by Gasteiger charge is 2.62. The Morgan fingerprint density at radius 3 is 2.24 bits per heavy atom. The number of hydrogen-bond donors (Lipinski definition) is 1. The van der Waals surface area contributed by atoms with Gasteiger partial charge >= 0.3 is 6.18 Å². The van der Waals surface area contributed by atoms with E-state index in [0.29, 0.717) is 22.4 Å². The van der Waals surface area contributed by atoms with Gasteiger partial charge in [0, 0.05) is 52.0 Å². The third-order valence-corrected chi connectivity index (χ3v) is 8.16. The minimum Gasteiger partial charge on any atom is -0.371 e. The first-order chi connectivity index (χ1) is 17.8. The Bertz CT molecular complexity index is 1170. The highest BCUT2D eigenvalue weighted by molar-refractivity contribution is 6.34. The Hall–Kier alpha value is -2.78. The first-order valence-electron chi connectivity index (χ1n) is 12.7. The van der Waals surface area contributed by atoms with E-state index in [-0.39, 0.29) is 18.4 Å². The summed E-state index contributed by atoms with van der Waals surface area (Å²) in [6, 6.07) is 12.0. The summed E-state index contributed by atoms with van der Waals surface area (Å²) in [4.78, 5) is 29.9. The van der Waals surface area contributed by atoms with Crippen LogP contribution in [0, 0.1) is 17.8 Å². The van der Waals surface area contributed by atoms with Crippen LogP contribution in [0.1, 0.15) is 35.2 Å². The summed E-state index contributed by atoms with van der Waals surface area (Å²) in [5.74, 6) is -0.641. The van der Waals surface area contributed by atoms with E-state index >= 15 is 0 Å². The van der Waals surface area contributed by atoms with Crippen molar-refractivity contribution in [1.82, 2.24) is 9.80 Å². The van der Waals surface area contributed by atoms with Gasteiger partial charge in [-0.3, -0.25) is 9.59 Å². The number of benzene rings is 2. The lowest BCUT2D eigenvalue weighted by molar-refractivity contribution is -0.261. The van der Waals surface area contributed by atoms with E-state index in [0.717, 1.165) is 55.1 Å². The molecule has 2 fully saturated rings. The predicted octanol–water partition coefficient (Wildman–Crippen LogP) is 4.80. The Labute approximate surface area is 226 Å². The molecule has 1 aliphatic heterocycles. The molecule has 0 radical (unpaired) electrons. The normalized spacial score (nSPS) is 21.5. The molecule has 2 amide bonds. The maximum atomic E-state index is 13.9. The summed E-state index contributed by atoms with van der Waals surface area (Å²) in [5, 5.41) is 11.0. The maximum absolute atomic E-state index is 13.9. The maximum Gasteiger partial charge on any atom is 0.430 e. The van der Waals surface area contributed by atoms with E-state index in [1.807, 2.05) is 12.1 Å². The number of rotatable bonds is 7. The molecule has 1 heterocycles. The highest BCUT2D eigenvalue weighted by Crippen LogP contribution is 2.49. The van der Waals surface area contributed by atoms with Gasteiger partial charge in [-0.15, -0.1) is 0 Å². The van der Waals surface area contributed by atoms with Crippen LogP contribution in [-0.4, -0.2) is 73.7 Å². The van der Waals surface area contributed by atoms with Crippen LogP contribution >= 0.6 is 11.6 Å². The quantitative estimate of drug-likeness (QED) is 0.537. The number of nitrogens with zero attached hydrogens (tertiary/aromatic N) is 3. The van der Waals surface area contributed by atoms with Crippen molar-refractivity contribution in [2.75, 3.05) is 45.7 Å². The molecule has 0 spiro atoms. The predicted molar refractivity (Wildman–Crippen MR) is 140 cm³/mol. The molecule has 2 aromatic carbocycles. The Balaban J connectivity index is 1.33. The number of halogens is 4. The minimum atomic E-state index is -5.14. The summed E-state index contributed by atoms with van der Waals surface area (Å²) in [7, 11) is 4.68. The molecule has 2 aliphatic rings. The number of carbonyl (C=O) groups is 2. The van der Waals surface area contributed by atoms with Gasteiger partial charge < -0.3 is 19.8 Å². The van der Waals surface area contributed by atoms with Crippen molar-refractivity contribution >= 4 is 29.1 Å². The van der Waals surface area contributed by atoms with Crippen LogP contribution in [0.2, 0.25) is 5.02 Å². The minimum absolute atomic E-state index is 0.111. The Morgan fingerprint density at radius 2 is 1.68 bits per heavy atom. The zero-order valence-electron chi connectivity index (χ0n) is 21.7. The molecule has 38 heavy (non-hydrogen) atoms. The van der Waals surface area contributed by atoms with Gasteiger partial charge in [0.1, 0.15) is 0 Å². The zero-order chi connectivity index (χ0) is 27.8. The number of aliphatic hydroxyl groups is 1. The number of hydrogen-bond acceptors (Lipinski definition) is 4. The second-order valence-electron chi connectivity index (χ2n) is 10.6. The van der Waals surface area contributed by atoms with Gasteiger partial charge in [0.25, 0.3) is 17.4 Å². The molecular formula is C28H33ClF3N3O3. The molecule has 1 saturated carbocycles. The van der Waals surface area contributed by atoms with Gasteiger partial charge in [0.15, 0.2) is 0 Å². The van der Waals surface area contributed by atoms with Crippen LogP contribution < -0.4 is 4.90 Å². The van der Waals surface area contributed by atoms with Crippen LogP contribution in [0.15, 0.2) is 48.5 Å². The Kier molecular flexibility index (Phi) is 8.00. The van der Waals surface area contributed by atoms with Crippen molar-refractivity contribution in [3.63, 3.8) is 0 Å². The zero-order valence-corrected chi connectivity index (χ0v) is 22.5. The molecule has 1 saturated heterocycles. The topological polar surface area (TPSA) is 64.1 Å². The SMILES string of the molecule is CN(C)C(=O)c1ccc(N2CCC([C@H]3C[C@H]3CN(C)C(=O)[C@@](O)(c3ccccc3)C(F)(F)F)CC2)cc1Cl. The number of likely N-dealkylation sites (N-methyl/N-ethyl adjacent to an activating group) is 1. The summed E-state index contributed by atoms with van der Waals surface area (Å²) in [6.07, 6.45) is -2.45. The van der Waals surface area contributed by atoms with Crippen molar-refractivity contribution in [3.8, 4) is 0 Å². The molecule has 6 nitrogen and oxygen atoms in total. The summed E-state index contributed by atoms with van der Waals surface area (Å²) < 4.78 is 41.7. The van der Waals surface area contributed by atoms with Gasteiger partial charge in [0.2, 0.25) is 0 Å². The van der Waals surface area contributed by atoms with Crippen LogP contribution in [0.5, 0.6) is 0 Å². The standard InChI is InChI=1S/C28H33ClF3N3O3/c1-33(2)25(36)22-10-9-21(16-24(22)29)35-13-11-18(12-14-35)23-15-19(23)17-34(3)26(37)27(38,28(30,31)32)20-7-5-4-6-8-20/h4-10,16,18-19,23,38H,11-15,17H2,1-3H3/t19-,23+,27-/m0/s1. The van der Waals surface area contributed by atoms with E-state index in [1.54, 1.807) is 20.2 Å². The molecule has 10 heteroatoms. The van der Waals surface area contributed by atoms with E-state index in [4.69, 9.17) is 11.6 Å². The Morgan fingerprint density at radius 1 is 1.05 bits per heavy atom. The summed E-state index contributed by atoms with van der Waals surface area (Å²) in [5.41, 5.74) is -2.65. The van der Waals surface area contributed by atoms with Crippen molar-refractivity contribution in [1.29, 1.82) is 0 Å². The number of anilines is 1. The second kappa shape index (κ2) is 10.8. The lowest BCUT2D eigenvalue weighted by atomic mass is 9.90. The molecule has 0 unspecified atom stereocenters. The lowest BCUT2D eigenvalue weighted by Crippen LogP contribution is -2.55. The average molecular weight is 552 g/mol. The van der Waals surface area contributed by atoms with Crippen molar-refractivity contribution < 1.29 is 27.9 Å². The number of amides is 2. The lowest BCUT2D eigenvalue weighted by Gasteiger charge is -2.35. The summed E-state index contributed by atoms with van der Waals surface area (Å²) >= 11 is 6.37. The molecule has 3 atom stereocenters. The number of piperidine rings is 1. The first kappa shape index (κ1) is 28.2. The van der Waals surface area contributed by atoms with Crippen LogP contribution in [0.3, 0.4) is 0 Å². The van der Waals surface area contributed by atoms with E-state index in [9.17, 15) is 27.9 Å². The van der Waals surface area contributed by atoms with Gasteiger partial charge in [-0.1, -0.05) is 41.9 Å². The smallest absolute Gasteiger partial charge is 0.371 e. The monoisotopic (exact) mass is 551 g/mol. The van der Waals surface area contributed by atoms with Crippen molar-refractivity contribution in [2.45, 2.75) is 31.0 Å². The molecule has 2 aromatic rings. The van der Waals surface area contributed by atoms with Gasteiger partial charge in [0.05, 0.1) is 10.6 Å². The molecule has 1 N–H and O–H groups in total. The molecule has 4 rings (SSSR count). The van der Waals surface area contributed by atoms with Crippen molar-refractivity contribution in [2.24, 2.45) is 17.8 Å². The fourth-order valence-electron chi connectivity index (χ4n) is 5.56. The van der Waals surface area contributed by atoms with Gasteiger partial charge in [-0.25, -0.2) is 0 Å². The molecular weight excluding hydrogens is 519 g/mol. The highest BCUT2D eigenvalue weighted by atomic mass is 35.5. The van der Waals surface area contributed by atoms with Gasteiger partial charge in [-0.2, -0.15) is 13.2 Å². The van der Waals surface area contributed by atoms with E-state index in [1.165, 1.54) is 30.1 Å². The number of alkyl halides is 3. The van der Waals surface area contributed by atoms with Crippen LogP contribution in [-0.2, 0) is 10.4 Å². The average Bonchev–Trinajstić information content (AvgIpc) is 3.66. The van der Waals surface area contributed by atoms with E-state index < -0.39 is 23.2 Å². The third-order valence-electron chi connectivity index (χ3n) is 7.84. The second-order valence-corrected chi connectivity index (χ2v) is 11.0. The summed E-state index contributed by atoms with van der Waals surface area (Å²) in [6.45, 7) is 1.79. The van der Waals surface area contributed by atoms with Crippen LogP contribution in [0.25, 0.3) is 0 Å². The third kappa shape index (κ3) is 5.50. The van der Waals surface area contributed by atoms with Crippen LogP contribution in [0.4, 0.5) is 18.9 Å². The fraction of sp³-hybridized carbons (Fsp3) is 0.500. The first-order valence-corrected chi connectivity index (χ1v) is 13.1. The number of carbonyl (C=O) groups excluding carboxylic acids is 2. The molecule has 0 aromatic heterocycles. The van der Waals surface area contributed by atoms with Gasteiger partial charge in [-0.05, 0) is 55.2 Å². The molecule has 0 bridgehead atoms.